The minimum absolute atomic E-state index is 0.0254. The molecule has 1 unspecified atom stereocenters. The molecular weight excluding hydrogens is 482 g/mol. The van der Waals surface area contributed by atoms with E-state index in [2.05, 4.69) is 10.2 Å². The van der Waals surface area contributed by atoms with Crippen LogP contribution in [0, 0.1) is 6.92 Å². The number of para-hydroxylation sites is 1. The number of aliphatic hydroxyl groups excluding tert-OH is 1. The van der Waals surface area contributed by atoms with Gasteiger partial charge in [0.05, 0.1) is 25.3 Å². The Bertz CT molecular complexity index is 1500. The van der Waals surface area contributed by atoms with Crippen LogP contribution in [0.25, 0.3) is 11.0 Å². The largest absolute Gasteiger partial charge is 0.503 e. The number of benzene rings is 2. The number of furan rings is 1. The van der Waals surface area contributed by atoms with Crippen LogP contribution >= 0.6 is 11.3 Å². The number of carbonyl (C=O) groups is 2. The maximum Gasteiger partial charge on any atom is 0.296 e. The first-order valence-corrected chi connectivity index (χ1v) is 12.1. The second kappa shape index (κ2) is 9.46. The van der Waals surface area contributed by atoms with Gasteiger partial charge in [-0.05, 0) is 43.2 Å². The molecule has 0 fully saturated rings. The van der Waals surface area contributed by atoms with E-state index in [1.165, 1.54) is 23.3 Å². The van der Waals surface area contributed by atoms with Crippen LogP contribution in [0.4, 0.5) is 5.13 Å². The van der Waals surface area contributed by atoms with Crippen LogP contribution in [0.15, 0.2) is 64.3 Å². The molecule has 10 heteroatoms. The molecule has 0 radical (unpaired) electrons. The SMILES string of the molecule is CCCOc1cccc(C2C(C(=O)c3cc4cccc(OC)c4o3)=C(O)C(=O)N2c2nnc(C)s2)c1. The summed E-state index contributed by atoms with van der Waals surface area (Å²) >= 11 is 1.19. The minimum atomic E-state index is -0.961. The van der Waals surface area contributed by atoms with E-state index in [1.54, 1.807) is 55.5 Å². The number of methoxy groups -OCH3 is 1. The van der Waals surface area contributed by atoms with Crippen LogP contribution in [-0.4, -0.2) is 40.7 Å². The number of nitrogens with zero attached hydrogens (tertiary/aromatic N) is 3. The third-order valence-corrected chi connectivity index (χ3v) is 6.61. The zero-order chi connectivity index (χ0) is 25.4. The van der Waals surface area contributed by atoms with Gasteiger partial charge in [-0.15, -0.1) is 10.2 Å². The number of carbonyl (C=O) groups excluding carboxylic acids is 2. The van der Waals surface area contributed by atoms with Crippen molar-refractivity contribution in [2.45, 2.75) is 26.3 Å². The lowest BCUT2D eigenvalue weighted by atomic mass is 9.95. The fraction of sp³-hybridized carbons (Fsp3) is 0.231. The molecular formula is C26H23N3O6S. The van der Waals surface area contributed by atoms with Crippen molar-refractivity contribution in [3.63, 3.8) is 0 Å². The summed E-state index contributed by atoms with van der Waals surface area (Å²) in [6.07, 6.45) is 0.822. The Morgan fingerprint density at radius 3 is 2.72 bits per heavy atom. The normalized spacial score (nSPS) is 15.7. The molecule has 1 aliphatic rings. The maximum atomic E-state index is 13.8. The Hall–Kier alpha value is -4.18. The molecule has 0 bridgehead atoms. The summed E-state index contributed by atoms with van der Waals surface area (Å²) in [5.74, 6) is -0.995. The highest BCUT2D eigenvalue weighted by Crippen LogP contribution is 2.44. The number of fused-ring (bicyclic) bond motifs is 1. The van der Waals surface area contributed by atoms with Gasteiger partial charge in [0.15, 0.2) is 22.9 Å². The first-order chi connectivity index (χ1) is 17.4. The summed E-state index contributed by atoms with van der Waals surface area (Å²) in [5, 5.41) is 20.7. The van der Waals surface area contributed by atoms with Crippen LogP contribution < -0.4 is 14.4 Å². The highest BCUT2D eigenvalue weighted by molar-refractivity contribution is 7.15. The van der Waals surface area contributed by atoms with Crippen molar-refractivity contribution in [3.05, 3.63) is 76.2 Å². The Morgan fingerprint density at radius 2 is 2.00 bits per heavy atom. The second-order valence-electron chi connectivity index (χ2n) is 8.18. The highest BCUT2D eigenvalue weighted by atomic mass is 32.1. The Labute approximate surface area is 210 Å². The van der Waals surface area contributed by atoms with Gasteiger partial charge in [-0.2, -0.15) is 0 Å². The Balaban J connectivity index is 1.64. The zero-order valence-corrected chi connectivity index (χ0v) is 20.7. The van der Waals surface area contributed by atoms with E-state index in [-0.39, 0.29) is 16.5 Å². The molecule has 1 aliphatic heterocycles. The number of ether oxygens (including phenoxy) is 2. The molecule has 0 saturated carbocycles. The summed E-state index contributed by atoms with van der Waals surface area (Å²) in [7, 11) is 1.51. The monoisotopic (exact) mass is 505 g/mol. The highest BCUT2D eigenvalue weighted by Gasteiger charge is 2.46. The Morgan fingerprint density at radius 1 is 1.19 bits per heavy atom. The summed E-state index contributed by atoms with van der Waals surface area (Å²) < 4.78 is 17.0. The first kappa shape index (κ1) is 23.6. The molecule has 1 amide bonds. The summed E-state index contributed by atoms with van der Waals surface area (Å²) in [5.41, 5.74) is 0.861. The van der Waals surface area contributed by atoms with Gasteiger partial charge in [-0.25, -0.2) is 0 Å². The average molecular weight is 506 g/mol. The molecule has 1 atom stereocenters. The smallest absolute Gasteiger partial charge is 0.296 e. The van der Waals surface area contributed by atoms with E-state index in [4.69, 9.17) is 13.9 Å². The average Bonchev–Trinajstić information content (AvgIpc) is 3.58. The quantitative estimate of drug-likeness (QED) is 0.326. The maximum absolute atomic E-state index is 13.8. The van der Waals surface area contributed by atoms with Crippen molar-refractivity contribution >= 4 is 39.1 Å². The molecule has 3 heterocycles. The molecule has 2 aromatic heterocycles. The van der Waals surface area contributed by atoms with Crippen molar-refractivity contribution in [1.29, 1.82) is 0 Å². The van der Waals surface area contributed by atoms with E-state index >= 15 is 0 Å². The molecule has 184 valence electrons. The first-order valence-electron chi connectivity index (χ1n) is 11.3. The number of aryl methyl sites for hydroxylation is 1. The zero-order valence-electron chi connectivity index (χ0n) is 19.8. The molecule has 4 aromatic rings. The molecule has 0 saturated heterocycles. The van der Waals surface area contributed by atoms with Gasteiger partial charge in [0.1, 0.15) is 10.8 Å². The fourth-order valence-corrected chi connectivity index (χ4v) is 4.88. The summed E-state index contributed by atoms with van der Waals surface area (Å²) in [6, 6.07) is 13.0. The van der Waals surface area contributed by atoms with Gasteiger partial charge in [-0.3, -0.25) is 14.5 Å². The number of Topliss-reactive ketones (excluding diaryl/α,β-unsaturated/α-hetero) is 1. The van der Waals surface area contributed by atoms with Gasteiger partial charge in [-0.1, -0.05) is 42.5 Å². The van der Waals surface area contributed by atoms with E-state index < -0.39 is 23.5 Å². The van der Waals surface area contributed by atoms with Crippen LogP contribution in [0.2, 0.25) is 0 Å². The lowest BCUT2D eigenvalue weighted by Crippen LogP contribution is -2.31. The van der Waals surface area contributed by atoms with Crippen LogP contribution in [-0.2, 0) is 4.79 Å². The number of anilines is 1. The lowest BCUT2D eigenvalue weighted by Gasteiger charge is -2.24. The van der Waals surface area contributed by atoms with Gasteiger partial charge in [0.25, 0.3) is 5.91 Å². The van der Waals surface area contributed by atoms with Gasteiger partial charge in [0.2, 0.25) is 10.9 Å². The number of amides is 1. The van der Waals surface area contributed by atoms with Crippen molar-refractivity contribution < 1.29 is 28.6 Å². The number of rotatable bonds is 8. The molecule has 0 aliphatic carbocycles. The van der Waals surface area contributed by atoms with E-state index in [0.29, 0.717) is 39.6 Å². The van der Waals surface area contributed by atoms with E-state index in [9.17, 15) is 14.7 Å². The third kappa shape index (κ3) is 3.99. The molecule has 36 heavy (non-hydrogen) atoms. The standard InChI is InChI=1S/C26H23N3O6S/c1-4-11-34-17-9-5-7-15(12-17)21-20(23(31)25(32)29(21)26-28-27-14(2)36-26)22(30)19-13-16-8-6-10-18(33-3)24(16)35-19/h5-10,12-13,21,31H,4,11H2,1-3H3. The lowest BCUT2D eigenvalue weighted by molar-refractivity contribution is -0.117. The topological polar surface area (TPSA) is 115 Å². The number of ketones is 1. The van der Waals surface area contributed by atoms with E-state index in [1.807, 2.05) is 6.92 Å². The fourth-order valence-electron chi connectivity index (χ4n) is 4.17. The molecule has 5 rings (SSSR count). The van der Waals surface area contributed by atoms with Crippen molar-refractivity contribution in [2.75, 3.05) is 18.6 Å². The molecule has 0 spiro atoms. The number of hydrogen-bond acceptors (Lipinski definition) is 9. The number of hydrogen-bond donors (Lipinski definition) is 1. The van der Waals surface area contributed by atoms with Gasteiger partial charge < -0.3 is 19.0 Å². The van der Waals surface area contributed by atoms with Gasteiger partial charge in [0, 0.05) is 5.39 Å². The minimum Gasteiger partial charge on any atom is -0.503 e. The third-order valence-electron chi connectivity index (χ3n) is 5.77. The van der Waals surface area contributed by atoms with Crippen molar-refractivity contribution in [2.24, 2.45) is 0 Å². The predicted molar refractivity (Wildman–Crippen MR) is 134 cm³/mol. The summed E-state index contributed by atoms with van der Waals surface area (Å²) in [6.45, 7) is 4.27. The molecule has 1 N–H and O–H groups in total. The number of aromatic nitrogens is 2. The van der Waals surface area contributed by atoms with Crippen molar-refractivity contribution in [3.8, 4) is 11.5 Å². The van der Waals surface area contributed by atoms with Gasteiger partial charge >= 0.3 is 0 Å². The summed E-state index contributed by atoms with van der Waals surface area (Å²) in [4.78, 5) is 28.4. The van der Waals surface area contributed by atoms with E-state index in [0.717, 1.165) is 6.42 Å². The second-order valence-corrected chi connectivity index (χ2v) is 9.34. The van der Waals surface area contributed by atoms with Crippen molar-refractivity contribution in [1.82, 2.24) is 10.2 Å². The molecule has 2 aromatic carbocycles. The van der Waals surface area contributed by atoms with Crippen LogP contribution in [0.3, 0.4) is 0 Å². The molecule has 9 nitrogen and oxygen atoms in total. The Kier molecular flexibility index (Phi) is 6.19. The predicted octanol–water partition coefficient (Wildman–Crippen LogP) is 5.17. The van der Waals surface area contributed by atoms with Crippen LogP contribution in [0.1, 0.15) is 40.5 Å². The number of aliphatic hydroxyl groups is 1. The van der Waals surface area contributed by atoms with Crippen LogP contribution in [0.5, 0.6) is 11.5 Å².